The van der Waals surface area contributed by atoms with Crippen molar-refractivity contribution in [2.24, 2.45) is 0 Å². The van der Waals surface area contributed by atoms with Crippen LogP contribution in [-0.2, 0) is 9.47 Å². The highest BCUT2D eigenvalue weighted by Gasteiger charge is 2.26. The predicted octanol–water partition coefficient (Wildman–Crippen LogP) is 3.15. The van der Waals surface area contributed by atoms with Crippen molar-refractivity contribution in [3.63, 3.8) is 0 Å². The second kappa shape index (κ2) is 7.44. The molecule has 0 amide bonds. The van der Waals surface area contributed by atoms with E-state index in [-0.39, 0.29) is 11.1 Å². The lowest BCUT2D eigenvalue weighted by Gasteiger charge is -2.17. The van der Waals surface area contributed by atoms with Gasteiger partial charge in [-0.1, -0.05) is 28.1 Å². The van der Waals surface area contributed by atoms with Crippen molar-refractivity contribution in [2.45, 2.75) is 0 Å². The maximum absolute atomic E-state index is 12.3. The van der Waals surface area contributed by atoms with Crippen LogP contribution in [0.15, 0.2) is 34.8 Å². The summed E-state index contributed by atoms with van der Waals surface area (Å²) in [6, 6.07) is 8.79. The summed E-state index contributed by atoms with van der Waals surface area (Å²) in [5.41, 5.74) is 1.24. The fraction of sp³-hybridized carbons (Fsp3) is 0.235. The van der Waals surface area contributed by atoms with Gasteiger partial charge in [-0.25, -0.2) is 14.6 Å². The van der Waals surface area contributed by atoms with Gasteiger partial charge in [0.1, 0.15) is 11.4 Å². The van der Waals surface area contributed by atoms with Crippen molar-refractivity contribution in [1.82, 2.24) is 4.98 Å². The summed E-state index contributed by atoms with van der Waals surface area (Å²) < 4.78 is 10.6. The van der Waals surface area contributed by atoms with Crippen LogP contribution in [0.2, 0.25) is 0 Å². The van der Waals surface area contributed by atoms with E-state index in [9.17, 15) is 9.59 Å². The molecule has 0 bridgehead atoms. The van der Waals surface area contributed by atoms with Gasteiger partial charge in [-0.2, -0.15) is 0 Å². The maximum atomic E-state index is 12.3. The molecule has 0 saturated carbocycles. The van der Waals surface area contributed by atoms with Crippen molar-refractivity contribution in [2.75, 3.05) is 33.2 Å². The predicted molar refractivity (Wildman–Crippen MR) is 94.4 cm³/mol. The SMILES string of the molecule is COC(=O)c1cc(N(C)C)nc(-c2ccc(Br)cc2)c1C(=O)OC. The topological polar surface area (TPSA) is 68.7 Å². The quantitative estimate of drug-likeness (QED) is 0.744. The first-order valence-corrected chi connectivity index (χ1v) is 7.83. The Kier molecular flexibility index (Phi) is 5.56. The lowest BCUT2D eigenvalue weighted by molar-refractivity contribution is 0.0555. The van der Waals surface area contributed by atoms with Gasteiger partial charge in [-0.3, -0.25) is 0 Å². The molecule has 0 N–H and O–H groups in total. The Labute approximate surface area is 148 Å². The van der Waals surface area contributed by atoms with Crippen molar-refractivity contribution >= 4 is 33.7 Å². The van der Waals surface area contributed by atoms with Gasteiger partial charge in [0, 0.05) is 24.1 Å². The molecule has 7 heteroatoms. The summed E-state index contributed by atoms with van der Waals surface area (Å²) in [4.78, 5) is 30.8. The molecular weight excluding hydrogens is 376 g/mol. The zero-order valence-electron chi connectivity index (χ0n) is 13.8. The maximum Gasteiger partial charge on any atom is 0.340 e. The standard InChI is InChI=1S/C17H17BrN2O4/c1-20(2)13-9-12(16(21)23-3)14(17(22)24-4)15(19-13)10-5-7-11(18)8-6-10/h5-9H,1-4H3. The molecule has 0 aliphatic rings. The van der Waals surface area contributed by atoms with Crippen molar-refractivity contribution in [3.8, 4) is 11.3 Å². The highest BCUT2D eigenvalue weighted by molar-refractivity contribution is 9.10. The zero-order chi connectivity index (χ0) is 17.9. The highest BCUT2D eigenvalue weighted by Crippen LogP contribution is 2.30. The van der Waals surface area contributed by atoms with E-state index in [0.29, 0.717) is 17.1 Å². The third kappa shape index (κ3) is 3.56. The molecule has 0 unspecified atom stereocenters. The minimum absolute atomic E-state index is 0.0808. The van der Waals surface area contributed by atoms with Crippen molar-refractivity contribution < 1.29 is 19.1 Å². The molecule has 0 aliphatic heterocycles. The monoisotopic (exact) mass is 392 g/mol. The Hall–Kier alpha value is -2.41. The summed E-state index contributed by atoms with van der Waals surface area (Å²) in [6.45, 7) is 0. The number of rotatable bonds is 4. The second-order valence-electron chi connectivity index (χ2n) is 5.14. The van der Waals surface area contributed by atoms with Crippen LogP contribution in [0.25, 0.3) is 11.3 Å². The molecule has 1 aromatic heterocycles. The third-order valence-corrected chi connectivity index (χ3v) is 3.91. The molecule has 2 rings (SSSR count). The van der Waals surface area contributed by atoms with Crippen LogP contribution in [0.1, 0.15) is 20.7 Å². The van der Waals surface area contributed by atoms with E-state index >= 15 is 0 Å². The molecule has 0 spiro atoms. The van der Waals surface area contributed by atoms with Crippen LogP contribution >= 0.6 is 15.9 Å². The number of carbonyl (C=O) groups is 2. The first-order chi connectivity index (χ1) is 11.4. The number of carbonyl (C=O) groups excluding carboxylic acids is 2. The van der Waals surface area contributed by atoms with E-state index in [1.807, 2.05) is 12.1 Å². The minimum Gasteiger partial charge on any atom is -0.465 e. The first-order valence-electron chi connectivity index (χ1n) is 7.04. The molecule has 0 atom stereocenters. The molecule has 2 aromatic rings. The van der Waals surface area contributed by atoms with Gasteiger partial charge in [0.15, 0.2) is 0 Å². The van der Waals surface area contributed by atoms with Gasteiger partial charge in [0.2, 0.25) is 0 Å². The Bertz CT molecular complexity index is 773. The fourth-order valence-electron chi connectivity index (χ4n) is 2.16. The van der Waals surface area contributed by atoms with E-state index < -0.39 is 11.9 Å². The number of hydrogen-bond acceptors (Lipinski definition) is 6. The number of benzene rings is 1. The normalized spacial score (nSPS) is 10.2. The van der Waals surface area contributed by atoms with Crippen LogP contribution < -0.4 is 4.90 Å². The molecule has 24 heavy (non-hydrogen) atoms. The fourth-order valence-corrected chi connectivity index (χ4v) is 2.42. The van der Waals surface area contributed by atoms with Crippen LogP contribution in [0, 0.1) is 0 Å². The van der Waals surface area contributed by atoms with E-state index in [0.717, 1.165) is 4.47 Å². The molecule has 0 saturated heterocycles. The highest BCUT2D eigenvalue weighted by atomic mass is 79.9. The van der Waals surface area contributed by atoms with Crippen LogP contribution in [0.3, 0.4) is 0 Å². The summed E-state index contributed by atoms with van der Waals surface area (Å²) in [5, 5.41) is 0. The smallest absolute Gasteiger partial charge is 0.340 e. The molecular formula is C17H17BrN2O4. The Morgan fingerprint density at radius 2 is 1.62 bits per heavy atom. The first kappa shape index (κ1) is 17.9. The zero-order valence-corrected chi connectivity index (χ0v) is 15.4. The summed E-state index contributed by atoms with van der Waals surface area (Å²) in [7, 11) is 6.12. The van der Waals surface area contributed by atoms with Crippen molar-refractivity contribution in [3.05, 3.63) is 45.9 Å². The van der Waals surface area contributed by atoms with Crippen LogP contribution in [0.4, 0.5) is 5.82 Å². The number of pyridine rings is 1. The lowest BCUT2D eigenvalue weighted by Crippen LogP contribution is -2.18. The average Bonchev–Trinajstić information content (AvgIpc) is 2.59. The molecule has 0 radical (unpaired) electrons. The molecule has 1 aromatic carbocycles. The molecule has 0 aliphatic carbocycles. The van der Waals surface area contributed by atoms with E-state index in [4.69, 9.17) is 9.47 Å². The number of ether oxygens (including phenoxy) is 2. The van der Waals surface area contributed by atoms with Crippen LogP contribution in [-0.4, -0.2) is 45.2 Å². The number of aromatic nitrogens is 1. The summed E-state index contributed by atoms with van der Waals surface area (Å²) in [6.07, 6.45) is 0. The Balaban J connectivity index is 2.82. The second-order valence-corrected chi connectivity index (χ2v) is 6.05. The minimum atomic E-state index is -0.647. The van der Waals surface area contributed by atoms with Gasteiger partial charge in [-0.05, 0) is 18.2 Å². The van der Waals surface area contributed by atoms with Gasteiger partial charge in [0.25, 0.3) is 0 Å². The van der Waals surface area contributed by atoms with Gasteiger partial charge in [0.05, 0.1) is 25.5 Å². The number of anilines is 1. The Morgan fingerprint density at radius 1 is 1.04 bits per heavy atom. The number of methoxy groups -OCH3 is 2. The Morgan fingerprint density at radius 3 is 2.12 bits per heavy atom. The lowest BCUT2D eigenvalue weighted by atomic mass is 10.0. The summed E-state index contributed by atoms with van der Waals surface area (Å²) in [5.74, 6) is -0.744. The van der Waals surface area contributed by atoms with E-state index in [1.165, 1.54) is 20.3 Å². The molecule has 1 heterocycles. The third-order valence-electron chi connectivity index (χ3n) is 3.38. The number of esters is 2. The van der Waals surface area contributed by atoms with Gasteiger partial charge >= 0.3 is 11.9 Å². The average molecular weight is 393 g/mol. The number of nitrogens with zero attached hydrogens (tertiary/aromatic N) is 2. The van der Waals surface area contributed by atoms with Crippen LogP contribution in [0.5, 0.6) is 0 Å². The largest absolute Gasteiger partial charge is 0.465 e. The molecule has 6 nitrogen and oxygen atoms in total. The number of hydrogen-bond donors (Lipinski definition) is 0. The van der Waals surface area contributed by atoms with Crippen molar-refractivity contribution in [1.29, 1.82) is 0 Å². The molecule has 126 valence electrons. The van der Waals surface area contributed by atoms with E-state index in [1.54, 1.807) is 31.1 Å². The van der Waals surface area contributed by atoms with Gasteiger partial charge in [-0.15, -0.1) is 0 Å². The number of halogens is 1. The van der Waals surface area contributed by atoms with Gasteiger partial charge < -0.3 is 14.4 Å². The summed E-state index contributed by atoms with van der Waals surface area (Å²) >= 11 is 3.37. The molecule has 0 fully saturated rings. The van der Waals surface area contributed by atoms with E-state index in [2.05, 4.69) is 20.9 Å².